The van der Waals surface area contributed by atoms with E-state index in [0.717, 1.165) is 36.9 Å². The first-order valence-corrected chi connectivity index (χ1v) is 13.1. The number of hydrogen-bond donors (Lipinski definition) is 1. The molecule has 5 rings (SSSR count). The molecule has 0 radical (unpaired) electrons. The Balaban J connectivity index is 1.35. The number of rotatable bonds is 5. The third-order valence-corrected chi connectivity index (χ3v) is 8.25. The van der Waals surface area contributed by atoms with Crippen LogP contribution in [0.1, 0.15) is 5.56 Å². The second-order valence-corrected chi connectivity index (χ2v) is 10.9. The first-order chi connectivity index (χ1) is 15.4. The van der Waals surface area contributed by atoms with Crippen molar-refractivity contribution in [2.75, 3.05) is 17.2 Å². The number of carbonyl (C=O) groups excluding carboxylic acids is 1. The van der Waals surface area contributed by atoms with Crippen molar-refractivity contribution >= 4 is 54.9 Å². The molecule has 0 bridgehead atoms. The van der Waals surface area contributed by atoms with Crippen LogP contribution >= 0.6 is 23.1 Å². The highest BCUT2D eigenvalue weighted by Gasteiger charge is 2.26. The summed E-state index contributed by atoms with van der Waals surface area (Å²) in [4.78, 5) is 25.5. The second-order valence-electron chi connectivity index (χ2n) is 7.29. The van der Waals surface area contributed by atoms with Crippen molar-refractivity contribution in [3.8, 4) is 10.4 Å². The van der Waals surface area contributed by atoms with Gasteiger partial charge in [0.05, 0.1) is 10.6 Å². The van der Waals surface area contributed by atoms with Gasteiger partial charge in [0.15, 0.2) is 0 Å². The first-order valence-electron chi connectivity index (χ1n) is 9.79. The van der Waals surface area contributed by atoms with Crippen molar-refractivity contribution in [3.63, 3.8) is 0 Å². The van der Waals surface area contributed by atoms with Gasteiger partial charge in [-0.3, -0.25) is 4.79 Å². The Morgan fingerprint density at radius 1 is 1.12 bits per heavy atom. The van der Waals surface area contributed by atoms with Gasteiger partial charge in [0, 0.05) is 22.5 Å². The predicted octanol–water partition coefficient (Wildman–Crippen LogP) is 3.69. The summed E-state index contributed by atoms with van der Waals surface area (Å²) in [5.41, 5.74) is 2.66. The van der Waals surface area contributed by atoms with Crippen LogP contribution in [-0.4, -0.2) is 36.6 Å². The van der Waals surface area contributed by atoms with Gasteiger partial charge in [-0.15, -0.1) is 11.3 Å². The van der Waals surface area contributed by atoms with Crippen LogP contribution in [0.5, 0.6) is 0 Å². The lowest BCUT2D eigenvalue weighted by atomic mass is 10.2. The number of fused-ring (bicyclic) bond motifs is 2. The lowest BCUT2D eigenvalue weighted by molar-refractivity contribution is -0.116. The van der Waals surface area contributed by atoms with Gasteiger partial charge in [-0.05, 0) is 41.8 Å². The van der Waals surface area contributed by atoms with Crippen molar-refractivity contribution < 1.29 is 13.2 Å². The van der Waals surface area contributed by atoms with E-state index in [9.17, 15) is 13.2 Å². The van der Waals surface area contributed by atoms with Crippen LogP contribution in [0.2, 0.25) is 0 Å². The van der Waals surface area contributed by atoms with Crippen molar-refractivity contribution in [1.29, 1.82) is 0 Å². The number of thiophene rings is 1. The van der Waals surface area contributed by atoms with Crippen LogP contribution in [0.25, 0.3) is 20.7 Å². The van der Waals surface area contributed by atoms with Gasteiger partial charge < -0.3 is 4.90 Å². The van der Waals surface area contributed by atoms with E-state index in [-0.39, 0.29) is 16.6 Å². The van der Waals surface area contributed by atoms with E-state index in [4.69, 9.17) is 5.14 Å². The number of hydrogen-bond acceptors (Lipinski definition) is 7. The van der Waals surface area contributed by atoms with Crippen molar-refractivity contribution in [3.05, 3.63) is 66.5 Å². The van der Waals surface area contributed by atoms with Gasteiger partial charge in [0.2, 0.25) is 15.9 Å². The normalized spacial score (nSPS) is 13.5. The molecule has 10 heteroatoms. The topological polar surface area (TPSA) is 106 Å². The average Bonchev–Trinajstić information content (AvgIpc) is 3.41. The van der Waals surface area contributed by atoms with E-state index in [2.05, 4.69) is 28.2 Å². The SMILES string of the molecule is NS(=O)(=O)c1ccc2c(c1)CCN2C(=O)CSc1ncnc2sc(-c3ccccc3)cc12. The minimum absolute atomic E-state index is 0.0534. The van der Waals surface area contributed by atoms with Gasteiger partial charge in [-0.2, -0.15) is 0 Å². The van der Waals surface area contributed by atoms with E-state index in [0.29, 0.717) is 13.0 Å². The zero-order valence-corrected chi connectivity index (χ0v) is 19.2. The summed E-state index contributed by atoms with van der Waals surface area (Å²) in [6, 6.07) is 16.8. The maximum Gasteiger partial charge on any atom is 0.238 e. The highest BCUT2D eigenvalue weighted by molar-refractivity contribution is 8.00. The first kappa shape index (κ1) is 21.1. The quantitative estimate of drug-likeness (QED) is 0.344. The highest BCUT2D eigenvalue weighted by Crippen LogP contribution is 2.37. The number of amides is 1. The van der Waals surface area contributed by atoms with Crippen LogP contribution < -0.4 is 10.0 Å². The minimum Gasteiger partial charge on any atom is -0.311 e. The molecule has 7 nitrogen and oxygen atoms in total. The molecule has 162 valence electrons. The number of nitrogens with two attached hydrogens (primary N) is 1. The standard InChI is InChI=1S/C22H18N4O3S3/c23-32(28,29)16-6-7-18-15(10-16)8-9-26(18)20(27)12-30-21-17-11-19(14-4-2-1-3-5-14)31-22(17)25-13-24-21/h1-7,10-11,13H,8-9,12H2,(H2,23,28,29). The Bertz CT molecular complexity index is 1440. The van der Waals surface area contributed by atoms with E-state index in [1.54, 1.807) is 28.4 Å². The molecular weight excluding hydrogens is 464 g/mol. The van der Waals surface area contributed by atoms with Gasteiger partial charge in [-0.25, -0.2) is 23.5 Å². The Hall–Kier alpha value is -2.79. The minimum atomic E-state index is -3.77. The fourth-order valence-electron chi connectivity index (χ4n) is 3.72. The average molecular weight is 483 g/mol. The number of anilines is 1. The lowest BCUT2D eigenvalue weighted by Gasteiger charge is -2.17. The molecule has 0 saturated carbocycles. The van der Waals surface area contributed by atoms with Crippen molar-refractivity contribution in [1.82, 2.24) is 9.97 Å². The van der Waals surface area contributed by atoms with Crippen LogP contribution in [0.4, 0.5) is 5.69 Å². The van der Waals surface area contributed by atoms with Gasteiger partial charge in [0.1, 0.15) is 16.2 Å². The highest BCUT2D eigenvalue weighted by atomic mass is 32.2. The van der Waals surface area contributed by atoms with Crippen molar-refractivity contribution in [2.45, 2.75) is 16.3 Å². The predicted molar refractivity (Wildman–Crippen MR) is 127 cm³/mol. The van der Waals surface area contributed by atoms with Crippen LogP contribution in [0.15, 0.2) is 70.8 Å². The Labute approximate surface area is 193 Å². The summed E-state index contributed by atoms with van der Waals surface area (Å²) >= 11 is 2.98. The molecule has 0 aliphatic carbocycles. The fraction of sp³-hybridized carbons (Fsp3) is 0.136. The molecule has 3 heterocycles. The summed E-state index contributed by atoms with van der Waals surface area (Å²) < 4.78 is 23.2. The number of thioether (sulfide) groups is 1. The largest absolute Gasteiger partial charge is 0.311 e. The molecule has 0 spiro atoms. The number of sulfonamides is 1. The molecule has 0 fully saturated rings. The van der Waals surface area contributed by atoms with E-state index in [1.165, 1.54) is 24.2 Å². The van der Waals surface area contributed by atoms with E-state index in [1.807, 2.05) is 18.2 Å². The number of nitrogens with zero attached hydrogens (tertiary/aromatic N) is 3. The zero-order valence-electron chi connectivity index (χ0n) is 16.8. The monoisotopic (exact) mass is 482 g/mol. The Morgan fingerprint density at radius 3 is 2.72 bits per heavy atom. The van der Waals surface area contributed by atoms with Gasteiger partial charge >= 0.3 is 0 Å². The lowest BCUT2D eigenvalue weighted by Crippen LogP contribution is -2.30. The van der Waals surface area contributed by atoms with Crippen LogP contribution in [0.3, 0.4) is 0 Å². The molecule has 2 N–H and O–H groups in total. The van der Waals surface area contributed by atoms with Crippen molar-refractivity contribution in [2.24, 2.45) is 5.14 Å². The number of primary sulfonamides is 1. The fourth-order valence-corrected chi connectivity index (χ4v) is 6.20. The zero-order chi connectivity index (χ0) is 22.3. The maximum atomic E-state index is 12.9. The third kappa shape index (κ3) is 4.02. The molecule has 32 heavy (non-hydrogen) atoms. The number of benzene rings is 2. The molecule has 1 aliphatic rings. The number of carbonyl (C=O) groups is 1. The molecule has 0 unspecified atom stereocenters. The Kier molecular flexibility index (Phi) is 5.46. The van der Waals surface area contributed by atoms with Gasteiger partial charge in [0.25, 0.3) is 0 Å². The molecule has 0 atom stereocenters. The van der Waals surface area contributed by atoms with E-state index < -0.39 is 10.0 Å². The molecule has 1 aliphatic heterocycles. The van der Waals surface area contributed by atoms with Crippen LogP contribution in [0, 0.1) is 0 Å². The van der Waals surface area contributed by atoms with Gasteiger partial charge in [-0.1, -0.05) is 42.1 Å². The second kappa shape index (κ2) is 8.28. The smallest absolute Gasteiger partial charge is 0.238 e. The third-order valence-electron chi connectivity index (χ3n) is 5.26. The summed E-state index contributed by atoms with van der Waals surface area (Å²) in [6.07, 6.45) is 2.12. The molecule has 4 aromatic rings. The molecular formula is C22H18N4O3S3. The summed E-state index contributed by atoms with van der Waals surface area (Å²) in [6.45, 7) is 0.512. The summed E-state index contributed by atoms with van der Waals surface area (Å²) in [5.74, 6) is 0.168. The molecule has 2 aromatic heterocycles. The number of aromatic nitrogens is 2. The van der Waals surface area contributed by atoms with Crippen LogP contribution in [-0.2, 0) is 21.2 Å². The molecule has 0 saturated heterocycles. The molecule has 1 amide bonds. The van der Waals surface area contributed by atoms with E-state index >= 15 is 0 Å². The maximum absolute atomic E-state index is 12.9. The summed E-state index contributed by atoms with van der Waals surface area (Å²) in [7, 11) is -3.77. The molecule has 2 aromatic carbocycles. The summed E-state index contributed by atoms with van der Waals surface area (Å²) in [5, 5.41) is 6.93. The Morgan fingerprint density at radius 2 is 1.94 bits per heavy atom.